The van der Waals surface area contributed by atoms with E-state index >= 15 is 0 Å². The molecule has 0 unspecified atom stereocenters. The maximum Gasteiger partial charge on any atom is 0.310 e. The molecule has 5 nitrogen and oxygen atoms in total. The zero-order chi connectivity index (χ0) is 12.8. The lowest BCUT2D eigenvalue weighted by molar-refractivity contribution is -0.384. The summed E-state index contributed by atoms with van der Waals surface area (Å²) in [6, 6.07) is 1.57. The number of hydrogen-bond donors (Lipinski definition) is 1. The van der Waals surface area contributed by atoms with E-state index in [0.717, 1.165) is 5.70 Å². The Bertz CT molecular complexity index is 571. The topological polar surface area (TPSA) is 68.1 Å². The molecule has 1 heterocycles. The molecule has 0 bridgehead atoms. The average Bonchev–Trinajstić information content (AvgIpc) is 2.33. The Hall–Kier alpha value is -2.69. The molecule has 0 aromatic carbocycles. The predicted octanol–water partition coefficient (Wildman–Crippen LogP) is 2.97. The van der Waals surface area contributed by atoms with Crippen LogP contribution < -0.4 is 5.32 Å². The fraction of sp³-hybridized carbons (Fsp3) is 0. The number of anilines is 1. The first-order valence-electron chi connectivity index (χ1n) is 5.34. The van der Waals surface area contributed by atoms with Gasteiger partial charge in [-0.3, -0.25) is 15.1 Å². The van der Waals surface area contributed by atoms with Gasteiger partial charge in [0, 0.05) is 11.9 Å². The second-order valence-electron chi connectivity index (χ2n) is 3.53. The van der Waals surface area contributed by atoms with E-state index in [-0.39, 0.29) is 5.69 Å². The van der Waals surface area contributed by atoms with Crippen molar-refractivity contribution < 1.29 is 4.92 Å². The number of hydrogen-bond acceptors (Lipinski definition) is 4. The highest BCUT2D eigenvalue weighted by atomic mass is 16.6. The number of aromatic nitrogens is 1. The highest BCUT2D eigenvalue weighted by molar-refractivity contribution is 5.64. The lowest BCUT2D eigenvalue weighted by Crippen LogP contribution is -2.01. The summed E-state index contributed by atoms with van der Waals surface area (Å²) < 4.78 is 0. The first-order chi connectivity index (χ1) is 8.77. The zero-order valence-corrected chi connectivity index (χ0v) is 9.48. The molecular formula is C13H11N3O2. The van der Waals surface area contributed by atoms with Crippen molar-refractivity contribution in [2.24, 2.45) is 0 Å². The molecule has 1 aliphatic carbocycles. The molecule has 0 amide bonds. The summed E-state index contributed by atoms with van der Waals surface area (Å²) in [6.07, 6.45) is 15.8. The third-order valence-electron chi connectivity index (χ3n) is 2.27. The largest absolute Gasteiger partial charge is 0.350 e. The molecule has 0 saturated heterocycles. The van der Waals surface area contributed by atoms with E-state index in [1.54, 1.807) is 6.07 Å². The third kappa shape index (κ3) is 2.91. The van der Waals surface area contributed by atoms with Gasteiger partial charge >= 0.3 is 5.69 Å². The van der Waals surface area contributed by atoms with Crippen molar-refractivity contribution in [3.63, 3.8) is 0 Å². The van der Waals surface area contributed by atoms with Crippen LogP contribution in [0.3, 0.4) is 0 Å². The van der Waals surface area contributed by atoms with E-state index in [4.69, 9.17) is 0 Å². The Labute approximate surface area is 104 Å². The van der Waals surface area contributed by atoms with Gasteiger partial charge < -0.3 is 5.32 Å². The van der Waals surface area contributed by atoms with Crippen LogP contribution in [0, 0.1) is 10.1 Å². The average molecular weight is 241 g/mol. The van der Waals surface area contributed by atoms with Gasteiger partial charge in [-0.15, -0.1) is 0 Å². The second kappa shape index (κ2) is 5.58. The van der Waals surface area contributed by atoms with Crippen LogP contribution in [0.1, 0.15) is 0 Å². The summed E-state index contributed by atoms with van der Waals surface area (Å²) in [4.78, 5) is 14.1. The van der Waals surface area contributed by atoms with Crippen LogP contribution in [0.25, 0.3) is 0 Å². The van der Waals surface area contributed by atoms with Gasteiger partial charge in [0.2, 0.25) is 0 Å². The van der Waals surface area contributed by atoms with Gasteiger partial charge in [-0.05, 0) is 18.2 Å². The number of pyridine rings is 1. The molecule has 0 fully saturated rings. The van der Waals surface area contributed by atoms with Gasteiger partial charge in [-0.2, -0.15) is 0 Å². The fourth-order valence-electron chi connectivity index (χ4n) is 1.44. The third-order valence-corrected chi connectivity index (χ3v) is 2.27. The van der Waals surface area contributed by atoms with E-state index in [2.05, 4.69) is 10.3 Å². The summed E-state index contributed by atoms with van der Waals surface area (Å²) in [6.45, 7) is 0. The summed E-state index contributed by atoms with van der Waals surface area (Å²) in [5, 5.41) is 13.9. The molecule has 0 radical (unpaired) electrons. The quantitative estimate of drug-likeness (QED) is 0.652. The molecule has 1 aromatic heterocycles. The van der Waals surface area contributed by atoms with Crippen LogP contribution in [0.5, 0.6) is 0 Å². The van der Waals surface area contributed by atoms with Crippen molar-refractivity contribution in [3.8, 4) is 0 Å². The summed E-state index contributed by atoms with van der Waals surface area (Å²) in [7, 11) is 0. The van der Waals surface area contributed by atoms with E-state index in [9.17, 15) is 10.1 Å². The van der Waals surface area contributed by atoms with Crippen molar-refractivity contribution in [2.75, 3.05) is 5.32 Å². The molecule has 1 N–H and O–H groups in total. The molecule has 0 spiro atoms. The lowest BCUT2D eigenvalue weighted by Gasteiger charge is -2.07. The van der Waals surface area contributed by atoms with Crippen molar-refractivity contribution >= 4 is 11.4 Å². The Balaban J connectivity index is 2.26. The number of nitro groups is 1. The van der Waals surface area contributed by atoms with Crippen molar-refractivity contribution in [3.05, 3.63) is 76.8 Å². The van der Waals surface area contributed by atoms with Gasteiger partial charge in [-0.1, -0.05) is 30.4 Å². The minimum Gasteiger partial charge on any atom is -0.350 e. The molecular weight excluding hydrogens is 230 g/mol. The molecule has 1 aromatic rings. The van der Waals surface area contributed by atoms with Crippen LogP contribution in [-0.2, 0) is 0 Å². The van der Waals surface area contributed by atoms with Gasteiger partial charge in [0.15, 0.2) is 0 Å². The van der Waals surface area contributed by atoms with E-state index in [1.807, 2.05) is 42.5 Å². The van der Waals surface area contributed by atoms with E-state index in [0.29, 0.717) is 5.69 Å². The van der Waals surface area contributed by atoms with Gasteiger partial charge in [0.05, 0.1) is 4.92 Å². The first-order valence-corrected chi connectivity index (χ1v) is 5.34. The van der Waals surface area contributed by atoms with Crippen molar-refractivity contribution in [2.45, 2.75) is 0 Å². The standard InChI is InChI=1S/C13H11N3O2/c17-16(18)13-10-14-9-8-12(13)15-11-6-4-2-1-3-5-7-11/h1-10H,(H,14,15)/b2-1-,3-1?,4-2?,5-3-,6-4-,7-5?,11-6?,11-7+. The number of nitrogens with zero attached hydrogens (tertiary/aromatic N) is 2. The maximum atomic E-state index is 10.8. The number of allylic oxidation sites excluding steroid dienone is 7. The molecule has 0 atom stereocenters. The second-order valence-corrected chi connectivity index (χ2v) is 3.53. The number of nitrogens with one attached hydrogen (secondary N) is 1. The Morgan fingerprint density at radius 3 is 2.78 bits per heavy atom. The molecule has 90 valence electrons. The predicted molar refractivity (Wildman–Crippen MR) is 70.0 cm³/mol. The van der Waals surface area contributed by atoms with Gasteiger partial charge in [0.25, 0.3) is 0 Å². The van der Waals surface area contributed by atoms with Crippen LogP contribution in [0.2, 0.25) is 0 Å². The van der Waals surface area contributed by atoms with Crippen molar-refractivity contribution in [1.82, 2.24) is 4.98 Å². The van der Waals surface area contributed by atoms with Gasteiger partial charge in [0.1, 0.15) is 11.9 Å². The fourth-order valence-corrected chi connectivity index (χ4v) is 1.44. The van der Waals surface area contributed by atoms with E-state index in [1.165, 1.54) is 12.4 Å². The van der Waals surface area contributed by atoms with Crippen LogP contribution in [0.15, 0.2) is 66.7 Å². The van der Waals surface area contributed by atoms with Crippen LogP contribution in [-0.4, -0.2) is 9.91 Å². The van der Waals surface area contributed by atoms with Crippen LogP contribution >= 0.6 is 0 Å². The molecule has 5 heteroatoms. The molecule has 0 saturated carbocycles. The SMILES string of the molecule is O=[N+]([O-])c1cnccc1NC1=C/C=C\C=C/C=C\1. The summed E-state index contributed by atoms with van der Waals surface area (Å²) >= 11 is 0. The Morgan fingerprint density at radius 2 is 1.94 bits per heavy atom. The highest BCUT2D eigenvalue weighted by Crippen LogP contribution is 2.23. The molecule has 18 heavy (non-hydrogen) atoms. The summed E-state index contributed by atoms with van der Waals surface area (Å²) in [5.74, 6) is 0. The lowest BCUT2D eigenvalue weighted by atomic mass is 10.2. The molecule has 1 aliphatic rings. The molecule has 0 aliphatic heterocycles. The smallest absolute Gasteiger partial charge is 0.310 e. The number of rotatable bonds is 3. The normalized spacial score (nSPS) is 21.9. The van der Waals surface area contributed by atoms with Crippen LogP contribution in [0.4, 0.5) is 11.4 Å². The molecule has 2 rings (SSSR count). The monoisotopic (exact) mass is 241 g/mol. The first kappa shape index (κ1) is 11.8. The summed E-state index contributed by atoms with van der Waals surface area (Å²) in [5.41, 5.74) is 1.14. The maximum absolute atomic E-state index is 10.8. The minimum atomic E-state index is -0.460. The minimum absolute atomic E-state index is 0.0478. The van der Waals surface area contributed by atoms with E-state index < -0.39 is 4.92 Å². The highest BCUT2D eigenvalue weighted by Gasteiger charge is 2.13. The van der Waals surface area contributed by atoms with Crippen molar-refractivity contribution in [1.29, 1.82) is 0 Å². The zero-order valence-electron chi connectivity index (χ0n) is 9.48. The van der Waals surface area contributed by atoms with Gasteiger partial charge in [-0.25, -0.2) is 0 Å². The Kier molecular flexibility index (Phi) is 3.66. The Morgan fingerprint density at radius 1 is 1.17 bits per heavy atom.